The number of phenols is 1. The number of carbonyl (C=O) groups excluding carboxylic acids is 1. The second kappa shape index (κ2) is 13.3. The topological polar surface area (TPSA) is 127 Å². The minimum Gasteiger partial charge on any atom is -0.505 e. The van der Waals surface area contributed by atoms with E-state index < -0.39 is 16.1 Å². The number of aromatic hydroxyl groups is 1. The van der Waals surface area contributed by atoms with Gasteiger partial charge in [-0.15, -0.1) is 0 Å². The van der Waals surface area contributed by atoms with Crippen LogP contribution < -0.4 is 9.62 Å². The molecule has 0 bridgehead atoms. The lowest BCUT2D eigenvalue weighted by Crippen LogP contribution is -2.35. The molecule has 0 saturated heterocycles. The number of nitrogens with one attached hydrogen (secondary N) is 1. The molecule has 0 fully saturated rings. The Bertz CT molecular complexity index is 1410. The van der Waals surface area contributed by atoms with Crippen LogP contribution in [0.1, 0.15) is 38.8 Å². The van der Waals surface area contributed by atoms with Crippen LogP contribution in [0.5, 0.6) is 5.75 Å². The van der Waals surface area contributed by atoms with Gasteiger partial charge in [-0.2, -0.15) is 0 Å². The minimum absolute atomic E-state index is 0.0263. The van der Waals surface area contributed by atoms with Gasteiger partial charge in [-0.05, 0) is 59.7 Å². The molecule has 1 atom stereocenters. The van der Waals surface area contributed by atoms with Gasteiger partial charge in [0.2, 0.25) is 5.91 Å². The fourth-order valence-corrected chi connectivity index (χ4v) is 6.11. The molecule has 2 amide bonds. The number of hydrogen-bond donors (Lipinski definition) is 3. The zero-order chi connectivity index (χ0) is 29.4. The number of phenolic OH excluding ortho intramolecular Hbond substituents is 1. The van der Waals surface area contributed by atoms with Crippen molar-refractivity contribution in [3.05, 3.63) is 83.9 Å². The molecule has 0 aromatic heterocycles. The Morgan fingerprint density at radius 1 is 0.900 bits per heavy atom. The third-order valence-electron chi connectivity index (χ3n) is 6.25. The van der Waals surface area contributed by atoms with Gasteiger partial charge in [0.05, 0.1) is 10.6 Å². The van der Waals surface area contributed by atoms with Crippen molar-refractivity contribution in [2.45, 2.75) is 45.6 Å². The van der Waals surface area contributed by atoms with Gasteiger partial charge >= 0.3 is 6.09 Å². The van der Waals surface area contributed by atoms with E-state index >= 15 is 0 Å². The fraction of sp³-hybridized carbons (Fsp3) is 0.333. The van der Waals surface area contributed by atoms with E-state index in [1.807, 2.05) is 51.1 Å². The predicted molar refractivity (Wildman–Crippen MR) is 156 cm³/mol. The number of benzene rings is 3. The lowest BCUT2D eigenvalue weighted by Gasteiger charge is -2.28. The number of hydrogen-bond acceptors (Lipinski definition) is 5. The molecule has 3 rings (SSSR count). The first-order valence-corrected chi connectivity index (χ1v) is 14.6. The van der Waals surface area contributed by atoms with Gasteiger partial charge in [0.1, 0.15) is 5.75 Å². The van der Waals surface area contributed by atoms with Crippen LogP contribution in [-0.2, 0) is 27.8 Å². The third-order valence-corrected chi connectivity index (χ3v) is 8.04. The van der Waals surface area contributed by atoms with Crippen molar-refractivity contribution < 1.29 is 28.2 Å². The molecule has 0 spiro atoms. The summed E-state index contributed by atoms with van der Waals surface area (Å²) in [5.41, 5.74) is 2.04. The molecule has 3 aromatic carbocycles. The number of para-hydroxylation sites is 1. The van der Waals surface area contributed by atoms with E-state index in [1.54, 1.807) is 18.2 Å². The Morgan fingerprint density at radius 3 is 2.12 bits per heavy atom. The zero-order valence-corrected chi connectivity index (χ0v) is 24.1. The molecule has 40 heavy (non-hydrogen) atoms. The third kappa shape index (κ3) is 7.98. The number of anilines is 2. The van der Waals surface area contributed by atoms with Gasteiger partial charge in [-0.25, -0.2) is 13.2 Å². The normalized spacial score (nSPS) is 12.1. The molecule has 0 radical (unpaired) electrons. The lowest BCUT2D eigenvalue weighted by atomic mass is 9.99. The van der Waals surface area contributed by atoms with Crippen LogP contribution >= 0.6 is 0 Å². The predicted octanol–water partition coefficient (Wildman–Crippen LogP) is 5.56. The summed E-state index contributed by atoms with van der Waals surface area (Å²) in [6.07, 6.45) is -0.688. The van der Waals surface area contributed by atoms with Crippen LogP contribution in [0.2, 0.25) is 0 Å². The van der Waals surface area contributed by atoms with Crippen LogP contribution in [0.25, 0.3) is 0 Å². The fourth-order valence-electron chi connectivity index (χ4n) is 4.47. The maximum Gasteiger partial charge on any atom is 0.407 e. The summed E-state index contributed by atoms with van der Waals surface area (Å²) in [7, 11) is -4.05. The van der Waals surface area contributed by atoms with E-state index in [-0.39, 0.29) is 53.7 Å². The molecule has 0 heterocycles. The maximum absolute atomic E-state index is 13.7. The van der Waals surface area contributed by atoms with Gasteiger partial charge in [-0.3, -0.25) is 9.10 Å². The summed E-state index contributed by atoms with van der Waals surface area (Å²) in [6, 6.07) is 20.2. The monoisotopic (exact) mass is 567 g/mol. The van der Waals surface area contributed by atoms with Gasteiger partial charge in [0.15, 0.2) is 0 Å². The summed E-state index contributed by atoms with van der Waals surface area (Å²) in [4.78, 5) is 24.6. The van der Waals surface area contributed by atoms with E-state index in [9.17, 15) is 28.2 Å². The van der Waals surface area contributed by atoms with Crippen molar-refractivity contribution in [1.82, 2.24) is 4.90 Å². The Labute approximate surface area is 236 Å². The Hall–Kier alpha value is -4.05. The molecular weight excluding hydrogens is 530 g/mol. The molecule has 0 aliphatic rings. The Kier molecular flexibility index (Phi) is 10.2. The van der Waals surface area contributed by atoms with E-state index in [4.69, 9.17) is 0 Å². The summed E-state index contributed by atoms with van der Waals surface area (Å²) in [6.45, 7) is 7.65. The zero-order valence-electron chi connectivity index (χ0n) is 23.2. The van der Waals surface area contributed by atoms with E-state index in [0.29, 0.717) is 17.7 Å². The first-order valence-electron chi connectivity index (χ1n) is 13.1. The van der Waals surface area contributed by atoms with Crippen LogP contribution in [0.3, 0.4) is 0 Å². The number of carboxylic acid groups (broad SMARTS) is 1. The molecule has 9 nitrogen and oxygen atoms in total. The second-order valence-electron chi connectivity index (χ2n) is 10.4. The highest BCUT2D eigenvalue weighted by Gasteiger charge is 2.29. The van der Waals surface area contributed by atoms with Crippen molar-refractivity contribution in [1.29, 1.82) is 0 Å². The van der Waals surface area contributed by atoms with Crippen molar-refractivity contribution in [3.63, 3.8) is 0 Å². The molecule has 0 aliphatic carbocycles. The Morgan fingerprint density at radius 2 is 1.55 bits per heavy atom. The molecule has 0 unspecified atom stereocenters. The summed E-state index contributed by atoms with van der Waals surface area (Å²) in [5, 5.41) is 23.6. The molecular formula is C30H37N3O6S. The highest BCUT2D eigenvalue weighted by molar-refractivity contribution is 7.92. The molecule has 214 valence electrons. The van der Waals surface area contributed by atoms with E-state index in [1.165, 1.54) is 40.4 Å². The summed E-state index contributed by atoms with van der Waals surface area (Å²) < 4.78 is 28.7. The van der Waals surface area contributed by atoms with Crippen LogP contribution in [-0.4, -0.2) is 48.6 Å². The maximum atomic E-state index is 13.7. The van der Waals surface area contributed by atoms with Gasteiger partial charge in [0.25, 0.3) is 10.0 Å². The molecule has 3 aromatic rings. The molecule has 0 saturated carbocycles. The summed E-state index contributed by atoms with van der Waals surface area (Å²) in [5.74, 6) is -0.618. The van der Waals surface area contributed by atoms with Crippen molar-refractivity contribution in [2.75, 3.05) is 22.7 Å². The lowest BCUT2D eigenvalue weighted by molar-refractivity contribution is -0.114. The van der Waals surface area contributed by atoms with Gasteiger partial charge in [-0.1, -0.05) is 63.2 Å². The minimum atomic E-state index is -4.05. The number of carbonyl (C=O) groups is 2. The standard InChI is InChI=1S/C30H37N3O6S/c1-21(2)18-33(40(38,39)27-15-13-26(14-16-27)31-23(4)34)28-12-8-11-25(29(28)35)17-22(3)19-32(30(36)37)20-24-9-6-5-7-10-24/h5-16,21-22,35H,17-20H2,1-4H3,(H,31,34)(H,36,37)/t22-/m1/s1. The number of nitrogens with zero attached hydrogens (tertiary/aromatic N) is 2. The smallest absolute Gasteiger partial charge is 0.407 e. The van der Waals surface area contributed by atoms with Crippen molar-refractivity contribution in [2.24, 2.45) is 11.8 Å². The van der Waals surface area contributed by atoms with Crippen molar-refractivity contribution >= 4 is 33.4 Å². The van der Waals surface area contributed by atoms with Crippen molar-refractivity contribution in [3.8, 4) is 5.75 Å². The average molecular weight is 568 g/mol. The Balaban J connectivity index is 1.86. The average Bonchev–Trinajstić information content (AvgIpc) is 2.88. The van der Waals surface area contributed by atoms with Gasteiger partial charge in [0, 0.05) is 32.2 Å². The number of amides is 2. The van der Waals surface area contributed by atoms with E-state index in [2.05, 4.69) is 5.32 Å². The second-order valence-corrected chi connectivity index (χ2v) is 12.2. The number of sulfonamides is 1. The highest BCUT2D eigenvalue weighted by atomic mass is 32.2. The molecule has 10 heteroatoms. The SMILES string of the molecule is CC(=O)Nc1ccc(S(=O)(=O)N(CC(C)C)c2cccc(C[C@@H](C)CN(Cc3ccccc3)C(=O)O)c2O)cc1. The van der Waals surface area contributed by atoms with Gasteiger partial charge < -0.3 is 20.4 Å². The van der Waals surface area contributed by atoms with Crippen LogP contribution in [0, 0.1) is 11.8 Å². The first kappa shape index (κ1) is 30.5. The van der Waals surface area contributed by atoms with Crippen LogP contribution in [0.15, 0.2) is 77.7 Å². The number of rotatable bonds is 12. The van der Waals surface area contributed by atoms with Crippen LogP contribution in [0.4, 0.5) is 16.2 Å². The first-order chi connectivity index (χ1) is 18.9. The summed E-state index contributed by atoms with van der Waals surface area (Å²) >= 11 is 0. The highest BCUT2D eigenvalue weighted by Crippen LogP contribution is 2.36. The van der Waals surface area contributed by atoms with E-state index in [0.717, 1.165) is 5.56 Å². The molecule has 3 N–H and O–H groups in total. The molecule has 0 aliphatic heterocycles. The largest absolute Gasteiger partial charge is 0.505 e. The quantitative estimate of drug-likeness (QED) is 0.263.